The van der Waals surface area contributed by atoms with Crippen LogP contribution < -0.4 is 5.32 Å². The second-order valence-electron chi connectivity index (χ2n) is 6.16. The van der Waals surface area contributed by atoms with Crippen molar-refractivity contribution in [2.75, 3.05) is 20.1 Å². The Labute approximate surface area is 125 Å². The molecule has 2 rings (SSSR count). The van der Waals surface area contributed by atoms with Crippen molar-refractivity contribution in [3.05, 3.63) is 0 Å². The van der Waals surface area contributed by atoms with Crippen molar-refractivity contribution >= 4 is 17.8 Å². The van der Waals surface area contributed by atoms with Crippen molar-refractivity contribution in [1.82, 2.24) is 15.1 Å². The zero-order chi connectivity index (χ0) is 15.6. The summed E-state index contributed by atoms with van der Waals surface area (Å²) in [5.74, 6) is 0.211. The van der Waals surface area contributed by atoms with E-state index in [0.29, 0.717) is 25.3 Å². The second-order valence-corrected chi connectivity index (χ2v) is 6.16. The van der Waals surface area contributed by atoms with Gasteiger partial charge in [0.25, 0.3) is 5.91 Å². The molecule has 0 bridgehead atoms. The van der Waals surface area contributed by atoms with E-state index in [1.165, 1.54) is 4.90 Å². The average Bonchev–Trinajstić information content (AvgIpc) is 2.71. The first-order valence-electron chi connectivity index (χ1n) is 7.81. The Balaban J connectivity index is 2.05. The summed E-state index contributed by atoms with van der Waals surface area (Å²) in [4.78, 5) is 39.2. The number of rotatable bonds is 4. The molecular weight excluding hydrogens is 270 g/mol. The molecule has 1 heterocycles. The molecule has 1 aliphatic carbocycles. The Morgan fingerprint density at radius 2 is 1.95 bits per heavy atom. The number of nitrogens with zero attached hydrogens (tertiary/aromatic N) is 2. The molecule has 4 amide bonds. The second kappa shape index (κ2) is 6.03. The van der Waals surface area contributed by atoms with E-state index in [0.717, 1.165) is 24.2 Å². The van der Waals surface area contributed by atoms with Gasteiger partial charge in [-0.15, -0.1) is 0 Å². The van der Waals surface area contributed by atoms with Gasteiger partial charge in [-0.25, -0.2) is 4.79 Å². The van der Waals surface area contributed by atoms with Gasteiger partial charge in [0.2, 0.25) is 5.91 Å². The van der Waals surface area contributed by atoms with E-state index < -0.39 is 11.6 Å². The topological polar surface area (TPSA) is 69.7 Å². The van der Waals surface area contributed by atoms with Gasteiger partial charge in [-0.05, 0) is 38.5 Å². The monoisotopic (exact) mass is 295 g/mol. The van der Waals surface area contributed by atoms with Crippen molar-refractivity contribution in [3.8, 4) is 0 Å². The highest BCUT2D eigenvalue weighted by atomic mass is 16.2. The van der Waals surface area contributed by atoms with Gasteiger partial charge in [0, 0.05) is 13.6 Å². The van der Waals surface area contributed by atoms with Crippen LogP contribution in [-0.2, 0) is 9.59 Å². The van der Waals surface area contributed by atoms with Crippen LogP contribution in [0.15, 0.2) is 0 Å². The first-order valence-corrected chi connectivity index (χ1v) is 7.81. The van der Waals surface area contributed by atoms with Crippen LogP contribution in [0.2, 0.25) is 0 Å². The predicted octanol–water partition coefficient (Wildman–Crippen LogP) is 1.36. The van der Waals surface area contributed by atoms with E-state index in [-0.39, 0.29) is 18.4 Å². The molecule has 0 aromatic heterocycles. The zero-order valence-corrected chi connectivity index (χ0v) is 13.1. The van der Waals surface area contributed by atoms with Crippen LogP contribution >= 0.6 is 0 Å². The van der Waals surface area contributed by atoms with Gasteiger partial charge in [0.05, 0.1) is 0 Å². The van der Waals surface area contributed by atoms with Crippen LogP contribution in [0.4, 0.5) is 4.79 Å². The van der Waals surface area contributed by atoms with Crippen LogP contribution in [0.3, 0.4) is 0 Å². The van der Waals surface area contributed by atoms with Gasteiger partial charge < -0.3 is 10.2 Å². The maximum atomic E-state index is 12.6. The van der Waals surface area contributed by atoms with E-state index in [1.54, 1.807) is 7.05 Å². The molecule has 0 aromatic rings. The van der Waals surface area contributed by atoms with E-state index in [2.05, 4.69) is 12.2 Å². The number of likely N-dealkylation sites (N-methyl/N-ethyl adjacent to an activating group) is 1. The van der Waals surface area contributed by atoms with Gasteiger partial charge in [-0.2, -0.15) is 0 Å². The van der Waals surface area contributed by atoms with E-state index in [1.807, 2.05) is 6.92 Å². The molecule has 6 heteroatoms. The van der Waals surface area contributed by atoms with Gasteiger partial charge in [0.1, 0.15) is 12.1 Å². The van der Waals surface area contributed by atoms with Gasteiger partial charge in [-0.3, -0.25) is 14.5 Å². The lowest BCUT2D eigenvalue weighted by atomic mass is 9.75. The van der Waals surface area contributed by atoms with Crippen LogP contribution in [0, 0.1) is 5.92 Å². The minimum atomic E-state index is -0.756. The van der Waals surface area contributed by atoms with Crippen molar-refractivity contribution in [1.29, 1.82) is 0 Å². The molecule has 1 saturated heterocycles. The third-order valence-electron chi connectivity index (χ3n) is 4.98. The molecule has 0 unspecified atom stereocenters. The third kappa shape index (κ3) is 2.89. The first kappa shape index (κ1) is 15.8. The Morgan fingerprint density at radius 1 is 1.33 bits per heavy atom. The smallest absolute Gasteiger partial charge is 0.325 e. The van der Waals surface area contributed by atoms with Crippen molar-refractivity contribution in [2.24, 2.45) is 5.92 Å². The van der Waals surface area contributed by atoms with Crippen molar-refractivity contribution in [2.45, 2.75) is 51.5 Å². The van der Waals surface area contributed by atoms with Crippen LogP contribution in [-0.4, -0.2) is 53.3 Å². The Hall–Kier alpha value is -1.59. The largest absolute Gasteiger partial charge is 0.344 e. The lowest BCUT2D eigenvalue weighted by molar-refractivity contribution is -0.139. The maximum Gasteiger partial charge on any atom is 0.325 e. The normalized spacial score (nSPS) is 28.9. The Bertz CT molecular complexity index is 441. The molecular formula is C15H25N3O3. The van der Waals surface area contributed by atoms with Crippen molar-refractivity contribution in [3.63, 3.8) is 0 Å². The molecule has 6 nitrogen and oxygen atoms in total. The maximum absolute atomic E-state index is 12.6. The first-order chi connectivity index (χ1) is 9.93. The van der Waals surface area contributed by atoms with Crippen LogP contribution in [0.1, 0.15) is 46.0 Å². The Kier molecular flexibility index (Phi) is 4.54. The molecule has 1 aliphatic heterocycles. The minimum Gasteiger partial charge on any atom is -0.344 e. The number of carbonyl (C=O) groups excluding carboxylic acids is 3. The third-order valence-corrected chi connectivity index (χ3v) is 4.98. The summed E-state index contributed by atoms with van der Waals surface area (Å²) < 4.78 is 0. The summed E-state index contributed by atoms with van der Waals surface area (Å²) in [6.07, 6.45) is 4.40. The summed E-state index contributed by atoms with van der Waals surface area (Å²) in [7, 11) is 1.67. The fourth-order valence-electron chi connectivity index (χ4n) is 3.17. The molecule has 1 N–H and O–H groups in total. The number of hydrogen-bond donors (Lipinski definition) is 1. The van der Waals surface area contributed by atoms with E-state index in [4.69, 9.17) is 0 Å². The minimum absolute atomic E-state index is 0.159. The molecule has 118 valence electrons. The number of hydrogen-bond acceptors (Lipinski definition) is 3. The molecule has 0 atom stereocenters. The summed E-state index contributed by atoms with van der Waals surface area (Å²) in [5.41, 5.74) is -0.756. The summed E-state index contributed by atoms with van der Waals surface area (Å²) in [5, 5.41) is 2.84. The molecule has 21 heavy (non-hydrogen) atoms. The molecule has 2 fully saturated rings. The SMILES string of the molecule is CCC1CCC2(CC1)NC(=O)N(CC(=O)N(C)CC)C2=O. The number of nitrogens with one attached hydrogen (secondary N) is 1. The lowest BCUT2D eigenvalue weighted by Gasteiger charge is -2.34. The molecule has 1 spiro atoms. The highest BCUT2D eigenvalue weighted by molar-refractivity contribution is 6.09. The van der Waals surface area contributed by atoms with Gasteiger partial charge >= 0.3 is 6.03 Å². The lowest BCUT2D eigenvalue weighted by Crippen LogP contribution is -2.50. The fourth-order valence-corrected chi connectivity index (χ4v) is 3.17. The summed E-state index contributed by atoms with van der Waals surface area (Å²) in [6.45, 7) is 4.42. The number of imide groups is 1. The molecule has 0 radical (unpaired) electrons. The van der Waals surface area contributed by atoms with Gasteiger partial charge in [0.15, 0.2) is 0 Å². The molecule has 0 aromatic carbocycles. The van der Waals surface area contributed by atoms with Crippen LogP contribution in [0.5, 0.6) is 0 Å². The van der Waals surface area contributed by atoms with Gasteiger partial charge in [-0.1, -0.05) is 13.3 Å². The number of urea groups is 1. The quantitative estimate of drug-likeness (QED) is 0.796. The Morgan fingerprint density at radius 3 is 2.48 bits per heavy atom. The van der Waals surface area contributed by atoms with Crippen molar-refractivity contribution < 1.29 is 14.4 Å². The number of amides is 4. The number of carbonyl (C=O) groups is 3. The summed E-state index contributed by atoms with van der Waals surface area (Å²) in [6, 6.07) is -0.423. The van der Waals surface area contributed by atoms with Crippen LogP contribution in [0.25, 0.3) is 0 Å². The molecule has 1 saturated carbocycles. The predicted molar refractivity (Wildman–Crippen MR) is 78.5 cm³/mol. The highest BCUT2D eigenvalue weighted by Gasteiger charge is 2.52. The zero-order valence-electron chi connectivity index (χ0n) is 13.1. The standard InChI is InChI=1S/C15H25N3O3/c1-4-11-6-8-15(9-7-11)13(20)18(14(21)16-15)10-12(19)17(3)5-2/h11H,4-10H2,1-3H3,(H,16,21). The summed E-state index contributed by atoms with van der Waals surface area (Å²) >= 11 is 0. The molecule has 2 aliphatic rings. The average molecular weight is 295 g/mol. The highest BCUT2D eigenvalue weighted by Crippen LogP contribution is 2.37. The fraction of sp³-hybridized carbons (Fsp3) is 0.800. The van der Waals surface area contributed by atoms with E-state index >= 15 is 0 Å². The van der Waals surface area contributed by atoms with E-state index in [9.17, 15) is 14.4 Å².